The summed E-state index contributed by atoms with van der Waals surface area (Å²) in [6.07, 6.45) is 4.05. The van der Waals surface area contributed by atoms with Gasteiger partial charge in [-0.05, 0) is 37.4 Å². The highest BCUT2D eigenvalue weighted by Crippen LogP contribution is 2.32. The molecule has 6 nitrogen and oxygen atoms in total. The van der Waals surface area contributed by atoms with Crippen LogP contribution in [-0.2, 0) is 6.54 Å². The number of thioether (sulfide) groups is 1. The maximum atomic E-state index is 9.97. The molecule has 0 bridgehead atoms. The van der Waals surface area contributed by atoms with E-state index < -0.39 is 0 Å². The zero-order chi connectivity index (χ0) is 13.0. The number of hydrogen-bond donors (Lipinski definition) is 1. The Bertz CT molecular complexity index is 370. The van der Waals surface area contributed by atoms with Crippen molar-refractivity contribution in [3.8, 4) is 0 Å². The second kappa shape index (κ2) is 6.49. The zero-order valence-electron chi connectivity index (χ0n) is 11.0. The minimum absolute atomic E-state index is 0.220. The molecule has 1 heterocycles. The van der Waals surface area contributed by atoms with Crippen LogP contribution in [0.5, 0.6) is 0 Å². The highest BCUT2D eigenvalue weighted by Gasteiger charge is 2.26. The molecule has 2 atom stereocenters. The van der Waals surface area contributed by atoms with Crippen LogP contribution in [0.2, 0.25) is 0 Å². The normalized spacial score (nSPS) is 24.7. The molecular formula is C11H21N5OS. The Morgan fingerprint density at radius 1 is 1.39 bits per heavy atom. The fourth-order valence-corrected chi connectivity index (χ4v) is 3.25. The van der Waals surface area contributed by atoms with Crippen molar-refractivity contribution in [3.05, 3.63) is 0 Å². The van der Waals surface area contributed by atoms with E-state index in [0.29, 0.717) is 0 Å². The van der Waals surface area contributed by atoms with Gasteiger partial charge in [-0.15, -0.1) is 5.10 Å². The Labute approximate surface area is 112 Å². The first-order valence-electron chi connectivity index (χ1n) is 6.42. The number of nitrogens with zero attached hydrogens (tertiary/aromatic N) is 5. The number of hydrogen-bond acceptors (Lipinski definition) is 6. The van der Waals surface area contributed by atoms with E-state index in [9.17, 15) is 5.11 Å². The highest BCUT2D eigenvalue weighted by atomic mass is 32.2. The average molecular weight is 271 g/mol. The minimum atomic E-state index is -0.220. The lowest BCUT2D eigenvalue weighted by atomic mass is 9.97. The van der Waals surface area contributed by atoms with Crippen LogP contribution in [0.15, 0.2) is 5.16 Å². The maximum absolute atomic E-state index is 9.97. The predicted octanol–water partition coefficient (Wildman–Crippen LogP) is 0.630. The van der Waals surface area contributed by atoms with Crippen molar-refractivity contribution >= 4 is 11.8 Å². The molecule has 0 unspecified atom stereocenters. The van der Waals surface area contributed by atoms with Crippen molar-refractivity contribution in [2.75, 3.05) is 20.6 Å². The molecule has 1 aliphatic rings. The van der Waals surface area contributed by atoms with Gasteiger partial charge in [0.2, 0.25) is 5.16 Å². The molecule has 1 N–H and O–H groups in total. The number of aliphatic hydroxyl groups excluding tert-OH is 1. The largest absolute Gasteiger partial charge is 0.392 e. The summed E-state index contributed by atoms with van der Waals surface area (Å²) < 4.78 is 1.83. The first-order chi connectivity index (χ1) is 8.66. The van der Waals surface area contributed by atoms with E-state index in [-0.39, 0.29) is 11.4 Å². The Morgan fingerprint density at radius 3 is 2.89 bits per heavy atom. The van der Waals surface area contributed by atoms with Crippen LogP contribution < -0.4 is 0 Å². The van der Waals surface area contributed by atoms with Gasteiger partial charge in [0.05, 0.1) is 12.6 Å². The molecule has 1 fully saturated rings. The molecule has 7 heteroatoms. The van der Waals surface area contributed by atoms with Crippen molar-refractivity contribution in [3.63, 3.8) is 0 Å². The monoisotopic (exact) mass is 271 g/mol. The standard InChI is InChI=1S/C11H21N5OS/c1-15(2)7-8-16-11(12-13-14-16)18-10-6-4-3-5-9(10)17/h9-10,17H,3-8H2,1-2H3/t9-,10-/m0/s1. The number of likely N-dealkylation sites (N-methyl/N-ethyl adjacent to an activating group) is 1. The van der Waals surface area contributed by atoms with Gasteiger partial charge in [0.25, 0.3) is 0 Å². The van der Waals surface area contributed by atoms with Gasteiger partial charge in [-0.3, -0.25) is 0 Å². The van der Waals surface area contributed by atoms with Crippen molar-refractivity contribution in [1.29, 1.82) is 0 Å². The summed E-state index contributed by atoms with van der Waals surface area (Å²) in [7, 11) is 4.06. The lowest BCUT2D eigenvalue weighted by molar-refractivity contribution is 0.136. The summed E-state index contributed by atoms with van der Waals surface area (Å²) in [6, 6.07) is 0. The Hall–Kier alpha value is -0.660. The smallest absolute Gasteiger partial charge is 0.209 e. The second-order valence-corrected chi connectivity index (χ2v) is 6.20. The molecule has 1 aliphatic carbocycles. The SMILES string of the molecule is CN(C)CCn1nnnc1S[C@H]1CCCC[C@@H]1O. The molecule has 18 heavy (non-hydrogen) atoms. The molecule has 2 rings (SSSR count). The highest BCUT2D eigenvalue weighted by molar-refractivity contribution is 7.99. The Morgan fingerprint density at radius 2 is 2.17 bits per heavy atom. The lowest BCUT2D eigenvalue weighted by Crippen LogP contribution is -2.27. The fourth-order valence-electron chi connectivity index (χ4n) is 2.07. The number of aliphatic hydroxyl groups is 1. The molecule has 0 spiro atoms. The molecule has 0 amide bonds. The number of rotatable bonds is 5. The van der Waals surface area contributed by atoms with Crippen molar-refractivity contribution in [2.24, 2.45) is 0 Å². The van der Waals surface area contributed by atoms with E-state index in [1.807, 2.05) is 18.8 Å². The second-order valence-electron chi connectivity index (χ2n) is 5.00. The third-order valence-electron chi connectivity index (χ3n) is 3.18. The van der Waals surface area contributed by atoms with E-state index in [4.69, 9.17) is 0 Å². The summed E-state index contributed by atoms with van der Waals surface area (Å²) in [5.41, 5.74) is 0. The minimum Gasteiger partial charge on any atom is -0.392 e. The first kappa shape index (κ1) is 13.8. The van der Waals surface area contributed by atoms with E-state index in [0.717, 1.165) is 37.5 Å². The first-order valence-corrected chi connectivity index (χ1v) is 7.30. The third kappa shape index (κ3) is 3.66. The Kier molecular flexibility index (Phi) is 4.96. The van der Waals surface area contributed by atoms with E-state index in [2.05, 4.69) is 20.4 Å². The number of tetrazole rings is 1. The van der Waals surface area contributed by atoms with Crippen molar-refractivity contribution in [1.82, 2.24) is 25.1 Å². The summed E-state index contributed by atoms with van der Waals surface area (Å²) in [4.78, 5) is 2.10. The van der Waals surface area contributed by atoms with E-state index in [1.54, 1.807) is 11.8 Å². The number of aromatic nitrogens is 4. The summed E-state index contributed by atoms with van der Waals surface area (Å²) in [6.45, 7) is 1.69. The van der Waals surface area contributed by atoms with Crippen LogP contribution in [0.1, 0.15) is 25.7 Å². The topological polar surface area (TPSA) is 67.1 Å². The van der Waals surface area contributed by atoms with Gasteiger partial charge >= 0.3 is 0 Å². The summed E-state index contributed by atoms with van der Waals surface area (Å²) in [5, 5.41) is 22.8. The van der Waals surface area contributed by atoms with Gasteiger partial charge in [0.1, 0.15) is 0 Å². The summed E-state index contributed by atoms with van der Waals surface area (Å²) in [5.74, 6) is 0. The maximum Gasteiger partial charge on any atom is 0.209 e. The van der Waals surface area contributed by atoms with Crippen molar-refractivity contribution in [2.45, 2.75) is 48.7 Å². The van der Waals surface area contributed by atoms with Crippen LogP contribution in [0.25, 0.3) is 0 Å². The van der Waals surface area contributed by atoms with Crippen LogP contribution >= 0.6 is 11.8 Å². The van der Waals surface area contributed by atoms with Gasteiger partial charge < -0.3 is 10.0 Å². The molecule has 102 valence electrons. The predicted molar refractivity (Wildman–Crippen MR) is 70.5 cm³/mol. The van der Waals surface area contributed by atoms with Gasteiger partial charge in [0.15, 0.2) is 0 Å². The third-order valence-corrected chi connectivity index (χ3v) is 4.54. The summed E-state index contributed by atoms with van der Waals surface area (Å²) >= 11 is 1.62. The molecular weight excluding hydrogens is 250 g/mol. The van der Waals surface area contributed by atoms with Gasteiger partial charge in [-0.2, -0.15) is 0 Å². The van der Waals surface area contributed by atoms with Gasteiger partial charge in [0, 0.05) is 11.8 Å². The average Bonchev–Trinajstić information content (AvgIpc) is 2.77. The fraction of sp³-hybridized carbons (Fsp3) is 0.909. The van der Waals surface area contributed by atoms with E-state index >= 15 is 0 Å². The van der Waals surface area contributed by atoms with Crippen molar-refractivity contribution < 1.29 is 5.11 Å². The lowest BCUT2D eigenvalue weighted by Gasteiger charge is -2.26. The zero-order valence-corrected chi connectivity index (χ0v) is 11.8. The van der Waals surface area contributed by atoms with E-state index in [1.165, 1.54) is 6.42 Å². The molecule has 1 saturated carbocycles. The molecule has 0 saturated heterocycles. The van der Waals surface area contributed by atoms with Gasteiger partial charge in [-0.1, -0.05) is 24.6 Å². The molecule has 0 aromatic carbocycles. The van der Waals surface area contributed by atoms with Crippen LogP contribution in [0.3, 0.4) is 0 Å². The van der Waals surface area contributed by atoms with Crippen LogP contribution in [0, 0.1) is 0 Å². The molecule has 0 aliphatic heterocycles. The van der Waals surface area contributed by atoms with Crippen LogP contribution in [0.4, 0.5) is 0 Å². The Balaban J connectivity index is 1.94. The molecule has 1 aromatic heterocycles. The quantitative estimate of drug-likeness (QED) is 0.847. The van der Waals surface area contributed by atoms with Gasteiger partial charge in [-0.25, -0.2) is 4.68 Å². The molecule has 1 aromatic rings. The van der Waals surface area contributed by atoms with Crippen LogP contribution in [-0.4, -0.2) is 62.2 Å². The molecule has 0 radical (unpaired) electrons.